The van der Waals surface area contributed by atoms with Crippen molar-refractivity contribution in [2.24, 2.45) is 0 Å². The first-order valence-electron chi connectivity index (χ1n) is 9.61. The highest BCUT2D eigenvalue weighted by atomic mass is 16.5. The number of aromatic carboxylic acids is 2. The van der Waals surface area contributed by atoms with Gasteiger partial charge >= 0.3 is 11.9 Å². The average Bonchev–Trinajstić information content (AvgIpc) is 2.73. The Bertz CT molecular complexity index is 1190. The van der Waals surface area contributed by atoms with Crippen molar-refractivity contribution in [1.82, 2.24) is 0 Å². The quantitative estimate of drug-likeness (QED) is 0.476. The van der Waals surface area contributed by atoms with Crippen LogP contribution in [0.3, 0.4) is 0 Å². The van der Waals surface area contributed by atoms with Gasteiger partial charge in [0.2, 0.25) is 0 Å². The molecule has 3 aromatic rings. The molecule has 0 radical (unpaired) electrons. The van der Waals surface area contributed by atoms with Crippen LogP contribution in [-0.4, -0.2) is 34.7 Å². The van der Waals surface area contributed by atoms with Crippen molar-refractivity contribution in [2.45, 2.75) is 13.8 Å². The second-order valence-electron chi connectivity index (χ2n) is 7.05. The minimum absolute atomic E-state index is 0.147. The Kier molecular flexibility index (Phi) is 6.74. The van der Waals surface area contributed by atoms with Crippen molar-refractivity contribution >= 4 is 23.5 Å². The molecule has 1 amide bonds. The van der Waals surface area contributed by atoms with Crippen LogP contribution in [0.25, 0.3) is 0 Å². The molecule has 0 atom stereocenters. The van der Waals surface area contributed by atoms with Gasteiger partial charge in [0.1, 0.15) is 17.2 Å². The van der Waals surface area contributed by atoms with E-state index in [0.717, 1.165) is 23.3 Å². The van der Waals surface area contributed by atoms with Gasteiger partial charge in [-0.05, 0) is 55.8 Å². The lowest BCUT2D eigenvalue weighted by atomic mass is 10.1. The zero-order valence-electron chi connectivity index (χ0n) is 17.4. The van der Waals surface area contributed by atoms with Gasteiger partial charge in [-0.25, -0.2) is 9.59 Å². The summed E-state index contributed by atoms with van der Waals surface area (Å²) in [5.41, 5.74) is 1.77. The van der Waals surface area contributed by atoms with E-state index in [9.17, 15) is 19.5 Å². The number of carboxylic acid groups (broad SMARTS) is 2. The molecule has 8 heteroatoms. The molecule has 0 fully saturated rings. The van der Waals surface area contributed by atoms with E-state index < -0.39 is 11.9 Å². The number of aryl methyl sites for hydroxylation is 2. The van der Waals surface area contributed by atoms with E-state index in [-0.39, 0.29) is 29.4 Å². The highest BCUT2D eigenvalue weighted by Crippen LogP contribution is 2.26. The van der Waals surface area contributed by atoms with E-state index in [1.54, 1.807) is 24.3 Å². The largest absolute Gasteiger partial charge is 0.483 e. The Morgan fingerprint density at radius 2 is 1.56 bits per heavy atom. The van der Waals surface area contributed by atoms with E-state index in [1.807, 2.05) is 32.0 Å². The summed E-state index contributed by atoms with van der Waals surface area (Å²) in [6.45, 7) is 3.70. The van der Waals surface area contributed by atoms with Crippen molar-refractivity contribution in [3.8, 4) is 17.2 Å². The molecule has 3 rings (SSSR count). The van der Waals surface area contributed by atoms with Crippen LogP contribution in [0.15, 0.2) is 60.7 Å². The van der Waals surface area contributed by atoms with E-state index in [1.165, 1.54) is 6.07 Å². The molecule has 0 saturated carbocycles. The predicted molar refractivity (Wildman–Crippen MR) is 117 cm³/mol. The maximum Gasteiger partial charge on any atom is 0.336 e. The highest BCUT2D eigenvalue weighted by molar-refractivity contribution is 6.02. The molecule has 0 spiro atoms. The summed E-state index contributed by atoms with van der Waals surface area (Å²) in [6, 6.07) is 15.8. The molecule has 32 heavy (non-hydrogen) atoms. The van der Waals surface area contributed by atoms with Gasteiger partial charge in [-0.1, -0.05) is 23.8 Å². The fraction of sp³-hybridized carbons (Fsp3) is 0.125. The Labute approximate surface area is 184 Å². The van der Waals surface area contributed by atoms with Gasteiger partial charge < -0.3 is 25.0 Å². The normalized spacial score (nSPS) is 10.3. The molecule has 0 aliphatic rings. The average molecular weight is 435 g/mol. The van der Waals surface area contributed by atoms with E-state index in [0.29, 0.717) is 17.2 Å². The summed E-state index contributed by atoms with van der Waals surface area (Å²) >= 11 is 0. The van der Waals surface area contributed by atoms with Gasteiger partial charge in [-0.3, -0.25) is 4.79 Å². The Hall–Kier alpha value is -4.33. The molecular formula is C24H21NO7. The summed E-state index contributed by atoms with van der Waals surface area (Å²) in [5, 5.41) is 21.0. The summed E-state index contributed by atoms with van der Waals surface area (Å²) in [7, 11) is 0. The molecule has 0 aliphatic heterocycles. The lowest BCUT2D eigenvalue weighted by Crippen LogP contribution is -2.20. The lowest BCUT2D eigenvalue weighted by molar-refractivity contribution is -0.118. The standard InChI is InChI=1S/C24H21NO7/c1-14-6-9-21(15(2)10-14)31-13-22(26)25-16-4-3-5-17(11-16)32-18-7-8-19(23(27)28)20(12-18)24(29)30/h3-12H,13H2,1-2H3,(H,25,26)(H,27,28)(H,29,30). The first-order valence-corrected chi connectivity index (χ1v) is 9.61. The van der Waals surface area contributed by atoms with Gasteiger partial charge in [0.15, 0.2) is 6.61 Å². The number of rotatable bonds is 8. The fourth-order valence-electron chi connectivity index (χ4n) is 3.03. The van der Waals surface area contributed by atoms with Crippen LogP contribution in [0.1, 0.15) is 31.8 Å². The summed E-state index contributed by atoms with van der Waals surface area (Å²) < 4.78 is 11.2. The first kappa shape index (κ1) is 22.4. The van der Waals surface area contributed by atoms with Crippen LogP contribution in [0.2, 0.25) is 0 Å². The molecule has 0 unspecified atom stereocenters. The van der Waals surface area contributed by atoms with Crippen LogP contribution in [0.5, 0.6) is 17.2 Å². The maximum atomic E-state index is 12.3. The number of anilines is 1. The molecule has 3 aromatic carbocycles. The molecule has 0 saturated heterocycles. The van der Waals surface area contributed by atoms with Crippen LogP contribution in [0, 0.1) is 13.8 Å². The number of hydrogen-bond acceptors (Lipinski definition) is 5. The zero-order chi connectivity index (χ0) is 23.3. The van der Waals surface area contributed by atoms with Gasteiger partial charge in [-0.15, -0.1) is 0 Å². The van der Waals surface area contributed by atoms with Crippen LogP contribution in [0.4, 0.5) is 5.69 Å². The van der Waals surface area contributed by atoms with Gasteiger partial charge in [-0.2, -0.15) is 0 Å². The third kappa shape index (κ3) is 5.63. The second kappa shape index (κ2) is 9.65. The minimum atomic E-state index is -1.38. The van der Waals surface area contributed by atoms with Crippen molar-refractivity contribution in [2.75, 3.05) is 11.9 Å². The Morgan fingerprint density at radius 3 is 2.25 bits per heavy atom. The smallest absolute Gasteiger partial charge is 0.336 e. The number of ether oxygens (including phenoxy) is 2. The van der Waals surface area contributed by atoms with E-state index >= 15 is 0 Å². The number of carbonyl (C=O) groups is 3. The van der Waals surface area contributed by atoms with Crippen LogP contribution in [-0.2, 0) is 4.79 Å². The first-order chi connectivity index (χ1) is 15.2. The van der Waals surface area contributed by atoms with Crippen molar-refractivity contribution in [3.05, 3.63) is 82.9 Å². The molecule has 8 nitrogen and oxygen atoms in total. The number of amides is 1. The summed E-state index contributed by atoms with van der Waals surface area (Å²) in [6.07, 6.45) is 0. The van der Waals surface area contributed by atoms with Crippen LogP contribution < -0.4 is 14.8 Å². The van der Waals surface area contributed by atoms with Gasteiger partial charge in [0.05, 0.1) is 11.1 Å². The van der Waals surface area contributed by atoms with Crippen LogP contribution >= 0.6 is 0 Å². The second-order valence-corrected chi connectivity index (χ2v) is 7.05. The van der Waals surface area contributed by atoms with Crippen molar-refractivity contribution in [3.63, 3.8) is 0 Å². The molecule has 0 heterocycles. The molecule has 0 aromatic heterocycles. The summed E-state index contributed by atoms with van der Waals surface area (Å²) in [4.78, 5) is 34.8. The Morgan fingerprint density at radius 1 is 0.844 bits per heavy atom. The third-order valence-electron chi connectivity index (χ3n) is 4.49. The van der Waals surface area contributed by atoms with Gasteiger partial charge in [0.25, 0.3) is 5.91 Å². The van der Waals surface area contributed by atoms with Crippen molar-refractivity contribution in [1.29, 1.82) is 0 Å². The topological polar surface area (TPSA) is 122 Å². The molecular weight excluding hydrogens is 414 g/mol. The van der Waals surface area contributed by atoms with E-state index in [4.69, 9.17) is 14.6 Å². The fourth-order valence-corrected chi connectivity index (χ4v) is 3.03. The molecule has 3 N–H and O–H groups in total. The minimum Gasteiger partial charge on any atom is -0.483 e. The molecule has 164 valence electrons. The van der Waals surface area contributed by atoms with Gasteiger partial charge in [0, 0.05) is 11.8 Å². The number of carbonyl (C=O) groups excluding carboxylic acids is 1. The monoisotopic (exact) mass is 435 g/mol. The maximum absolute atomic E-state index is 12.3. The highest BCUT2D eigenvalue weighted by Gasteiger charge is 2.17. The van der Waals surface area contributed by atoms with Crippen molar-refractivity contribution < 1.29 is 34.1 Å². The molecule has 0 bridgehead atoms. The molecule has 0 aliphatic carbocycles. The van der Waals surface area contributed by atoms with E-state index in [2.05, 4.69) is 5.32 Å². The predicted octanol–water partition coefficient (Wildman–Crippen LogP) is 4.51. The number of hydrogen-bond donors (Lipinski definition) is 3. The third-order valence-corrected chi connectivity index (χ3v) is 4.49. The number of nitrogens with one attached hydrogen (secondary N) is 1. The summed E-state index contributed by atoms with van der Waals surface area (Å²) in [5.74, 6) is -1.98. The number of carboxylic acids is 2. The Balaban J connectivity index is 1.66. The SMILES string of the molecule is Cc1ccc(OCC(=O)Nc2cccc(Oc3ccc(C(=O)O)c(C(=O)O)c3)c2)c(C)c1. The number of benzene rings is 3. The zero-order valence-corrected chi connectivity index (χ0v) is 17.4. The lowest BCUT2D eigenvalue weighted by Gasteiger charge is -2.12.